The molecular weight excluding hydrogens is 506 g/mol. The van der Waals surface area contributed by atoms with E-state index in [4.69, 9.17) is 10.5 Å². The maximum atomic E-state index is 11.6. The molecule has 112 valence electrons. The van der Waals surface area contributed by atoms with Crippen LogP contribution in [-0.4, -0.2) is 23.6 Å². The average molecular weight is 521 g/mol. The van der Waals surface area contributed by atoms with E-state index in [1.807, 2.05) is 24.3 Å². The second kappa shape index (κ2) is 9.05. The van der Waals surface area contributed by atoms with Crippen LogP contribution in [0.5, 0.6) is 5.75 Å². The molecule has 0 spiro atoms. The van der Waals surface area contributed by atoms with Gasteiger partial charge < -0.3 is 0 Å². The van der Waals surface area contributed by atoms with Crippen LogP contribution in [0.2, 0.25) is 0 Å². The van der Waals surface area contributed by atoms with Crippen molar-refractivity contribution in [2.75, 3.05) is 7.11 Å². The van der Waals surface area contributed by atoms with Gasteiger partial charge in [-0.05, 0) is 0 Å². The zero-order valence-corrected chi connectivity index (χ0v) is 16.1. The first-order valence-corrected chi connectivity index (χ1v) is 14.0. The molecule has 2 atom stereocenters. The number of ether oxygens (including phenoxy) is 1. The van der Waals surface area contributed by atoms with Crippen molar-refractivity contribution in [2.45, 2.75) is 16.2 Å². The number of alkyl halides is 1. The Morgan fingerprint density at radius 1 is 1.40 bits per heavy atom. The predicted octanol–water partition coefficient (Wildman–Crippen LogP) is -0.551. The van der Waals surface area contributed by atoms with Crippen LogP contribution < -0.4 is 33.0 Å². The van der Waals surface area contributed by atoms with E-state index in [1.165, 1.54) is 6.92 Å². The molecule has 0 saturated heterocycles. The first kappa shape index (κ1) is 18.0. The van der Waals surface area contributed by atoms with Crippen molar-refractivity contribution in [3.63, 3.8) is 0 Å². The Morgan fingerprint density at radius 2 is 2.00 bits per heavy atom. The molecule has 0 aromatic heterocycles. The van der Waals surface area contributed by atoms with Gasteiger partial charge >= 0.3 is 143 Å². The zero-order chi connectivity index (χ0) is 15.1. The molecule has 2 amide bonds. The monoisotopic (exact) mass is 521 g/mol. The molecule has 20 heavy (non-hydrogen) atoms. The summed E-state index contributed by atoms with van der Waals surface area (Å²) >= 11 is 3.08. The van der Waals surface area contributed by atoms with Gasteiger partial charge in [-0.2, -0.15) is 0 Å². The van der Waals surface area contributed by atoms with Crippen molar-refractivity contribution in [3.05, 3.63) is 29.8 Å². The van der Waals surface area contributed by atoms with E-state index in [-0.39, 0.29) is 32.4 Å². The molecule has 0 aliphatic carbocycles. The van der Waals surface area contributed by atoms with Gasteiger partial charge in [-0.3, -0.25) is 0 Å². The van der Waals surface area contributed by atoms with E-state index in [2.05, 4.69) is 23.9 Å². The van der Waals surface area contributed by atoms with Crippen LogP contribution in [0.3, 0.4) is 0 Å². The standard InChI is InChI=1S/C12H15I2N2O3S/c1-7(17)16-12(18)20-11(15)10(14-13)8-3-5-9(19-2)6-4-8/h3-6,10-11H,15H2,1-2H3,(H,16,17,18)/q-1. The van der Waals surface area contributed by atoms with Crippen molar-refractivity contribution in [2.24, 2.45) is 5.73 Å². The van der Waals surface area contributed by atoms with E-state index < -0.39 is 5.24 Å². The number of amides is 2. The molecular formula is C12H15I2N2O3S-. The van der Waals surface area contributed by atoms with Crippen molar-refractivity contribution in [3.8, 4) is 5.75 Å². The molecule has 2 unspecified atom stereocenters. The van der Waals surface area contributed by atoms with Gasteiger partial charge in [-0.15, -0.1) is 0 Å². The number of hydrogen-bond acceptors (Lipinski definition) is 5. The molecule has 8 heteroatoms. The van der Waals surface area contributed by atoms with Crippen LogP contribution in [-0.2, 0) is 4.79 Å². The van der Waals surface area contributed by atoms with Gasteiger partial charge in [0.2, 0.25) is 0 Å². The van der Waals surface area contributed by atoms with Crippen molar-refractivity contribution >= 4 is 41.5 Å². The molecule has 1 rings (SSSR count). The Kier molecular flexibility index (Phi) is 8.14. The number of imide groups is 1. The van der Waals surface area contributed by atoms with Gasteiger partial charge in [0.15, 0.2) is 0 Å². The number of carbonyl (C=O) groups excluding carboxylic acids is 2. The SMILES string of the molecule is COc1ccc(C([I-]I)C(N)SC(=O)NC(C)=O)cc1. The van der Waals surface area contributed by atoms with Gasteiger partial charge in [-0.1, -0.05) is 0 Å². The number of methoxy groups -OCH3 is 1. The summed E-state index contributed by atoms with van der Waals surface area (Å²) in [5, 5.41) is 1.44. The summed E-state index contributed by atoms with van der Waals surface area (Å²) in [6, 6.07) is 7.69. The van der Waals surface area contributed by atoms with E-state index in [0.717, 1.165) is 23.1 Å². The number of nitrogens with two attached hydrogens (primary N) is 1. The summed E-state index contributed by atoms with van der Waals surface area (Å²) < 4.78 is 5.25. The molecule has 0 saturated carbocycles. The zero-order valence-electron chi connectivity index (χ0n) is 10.9. The predicted molar refractivity (Wildman–Crippen MR) is 84.5 cm³/mol. The minimum absolute atomic E-state index is 0.128. The van der Waals surface area contributed by atoms with Crippen LogP contribution in [0.25, 0.3) is 0 Å². The normalized spacial score (nSPS) is 13.6. The summed E-state index contributed by atoms with van der Waals surface area (Å²) in [5.74, 6) is 0.412. The third-order valence-corrected chi connectivity index (χ3v) is 9.08. The molecule has 1 aromatic carbocycles. The molecule has 0 radical (unpaired) electrons. The van der Waals surface area contributed by atoms with Gasteiger partial charge in [0.1, 0.15) is 0 Å². The molecule has 0 fully saturated rings. The number of hydrogen-bond donors (Lipinski definition) is 2. The van der Waals surface area contributed by atoms with Crippen LogP contribution in [0.15, 0.2) is 24.3 Å². The number of thioether (sulfide) groups is 1. The molecule has 3 N–H and O–H groups in total. The number of halogens is 2. The van der Waals surface area contributed by atoms with Gasteiger partial charge in [0.05, 0.1) is 0 Å². The number of carbonyl (C=O) groups is 2. The van der Waals surface area contributed by atoms with Crippen LogP contribution >= 0.6 is 30.4 Å². The first-order chi connectivity index (χ1) is 9.47. The molecule has 0 bridgehead atoms. The molecule has 1 aromatic rings. The van der Waals surface area contributed by atoms with Crippen molar-refractivity contribution in [1.82, 2.24) is 5.32 Å². The van der Waals surface area contributed by atoms with Crippen molar-refractivity contribution < 1.29 is 31.6 Å². The first-order valence-electron chi connectivity index (χ1n) is 5.60. The number of benzene rings is 1. The van der Waals surface area contributed by atoms with Gasteiger partial charge in [0, 0.05) is 0 Å². The van der Waals surface area contributed by atoms with Gasteiger partial charge in [-0.25, -0.2) is 0 Å². The van der Waals surface area contributed by atoms with Crippen molar-refractivity contribution in [1.29, 1.82) is 0 Å². The Hall–Kier alpha value is -0.0700. The second-order valence-electron chi connectivity index (χ2n) is 3.81. The summed E-state index contributed by atoms with van der Waals surface area (Å²) in [5.41, 5.74) is 7.18. The average Bonchev–Trinajstić information content (AvgIpc) is 2.39. The Bertz CT molecular complexity index is 470. The number of rotatable bonds is 5. The molecule has 5 nitrogen and oxygen atoms in total. The second-order valence-corrected chi connectivity index (χ2v) is 9.93. The number of nitrogens with one attached hydrogen (secondary N) is 1. The van der Waals surface area contributed by atoms with Crippen LogP contribution in [0.4, 0.5) is 4.79 Å². The maximum absolute atomic E-state index is 11.6. The van der Waals surface area contributed by atoms with E-state index in [0.29, 0.717) is 0 Å². The Morgan fingerprint density at radius 3 is 2.45 bits per heavy atom. The van der Waals surface area contributed by atoms with E-state index in [9.17, 15) is 9.59 Å². The molecule has 0 aliphatic rings. The Labute approximate surface area is 142 Å². The molecule has 0 aliphatic heterocycles. The summed E-state index contributed by atoms with van der Waals surface area (Å²) in [7, 11) is 1.62. The quantitative estimate of drug-likeness (QED) is 0.309. The van der Waals surface area contributed by atoms with Gasteiger partial charge in [0.25, 0.3) is 0 Å². The summed E-state index contributed by atoms with van der Waals surface area (Å²) in [6.07, 6.45) is 0. The summed E-state index contributed by atoms with van der Waals surface area (Å²) in [6.45, 7) is 1.30. The summed E-state index contributed by atoms with van der Waals surface area (Å²) in [4.78, 5) is 22.4. The third kappa shape index (κ3) is 5.74. The Balaban J connectivity index is 2.73. The fourth-order valence-corrected chi connectivity index (χ4v) is 8.92. The van der Waals surface area contributed by atoms with E-state index >= 15 is 0 Å². The third-order valence-electron chi connectivity index (χ3n) is 2.33. The fourth-order valence-electron chi connectivity index (χ4n) is 1.43. The topological polar surface area (TPSA) is 81.4 Å². The van der Waals surface area contributed by atoms with Crippen LogP contribution in [0, 0.1) is 0 Å². The van der Waals surface area contributed by atoms with Crippen LogP contribution in [0.1, 0.15) is 16.4 Å². The minimum atomic E-state index is -0.405. The molecule has 0 heterocycles. The van der Waals surface area contributed by atoms with E-state index in [1.54, 1.807) is 7.11 Å². The fraction of sp³-hybridized carbons (Fsp3) is 0.333.